The lowest BCUT2D eigenvalue weighted by molar-refractivity contribution is 0.0468. The van der Waals surface area contributed by atoms with Gasteiger partial charge in [-0.2, -0.15) is 5.10 Å². The van der Waals surface area contributed by atoms with Crippen molar-refractivity contribution in [3.8, 4) is 10.8 Å². The average Bonchev–Trinajstić information content (AvgIpc) is 3.43. The number of hydrogen-bond acceptors (Lipinski definition) is 6. The van der Waals surface area contributed by atoms with E-state index in [1.807, 2.05) is 35.7 Å². The molecule has 0 unspecified atom stereocenters. The highest BCUT2D eigenvalue weighted by atomic mass is 35.5. The molecule has 8 heteroatoms. The number of ether oxygens (including phenoxy) is 1. The fourth-order valence-corrected chi connectivity index (χ4v) is 3.43. The summed E-state index contributed by atoms with van der Waals surface area (Å²) < 4.78 is 12.3. The maximum atomic E-state index is 12.2. The molecule has 0 N–H and O–H groups in total. The molecule has 0 fully saturated rings. The topological polar surface area (TPSA) is 70.2 Å². The Bertz CT molecular complexity index is 1060. The summed E-state index contributed by atoms with van der Waals surface area (Å²) >= 11 is 7.59. The van der Waals surface area contributed by atoms with E-state index in [9.17, 15) is 4.79 Å². The van der Waals surface area contributed by atoms with Crippen LogP contribution in [0.5, 0.6) is 0 Å². The fourth-order valence-electron chi connectivity index (χ4n) is 2.47. The van der Waals surface area contributed by atoms with Crippen molar-refractivity contribution >= 4 is 28.9 Å². The van der Waals surface area contributed by atoms with Gasteiger partial charge in [-0.1, -0.05) is 29.8 Å². The molecule has 136 valence electrons. The summed E-state index contributed by atoms with van der Waals surface area (Å²) in [5, 5.41) is 7.45. The van der Waals surface area contributed by atoms with Crippen LogP contribution in [0, 0.1) is 0 Å². The Kier molecular flexibility index (Phi) is 5.04. The molecule has 0 radical (unpaired) electrons. The molecular formula is C19H14ClN3O3S. The number of carbonyl (C=O) groups is 1. The van der Waals surface area contributed by atoms with Gasteiger partial charge < -0.3 is 9.15 Å². The van der Waals surface area contributed by atoms with E-state index < -0.39 is 5.97 Å². The zero-order valence-corrected chi connectivity index (χ0v) is 15.6. The van der Waals surface area contributed by atoms with Gasteiger partial charge in [0.2, 0.25) is 0 Å². The Balaban J connectivity index is 1.36. The lowest BCUT2D eigenvalue weighted by Gasteiger charge is -2.03. The Hall–Kier alpha value is -2.90. The number of nitrogens with zero attached hydrogens (tertiary/aromatic N) is 3. The molecule has 27 heavy (non-hydrogen) atoms. The molecule has 0 aliphatic carbocycles. The van der Waals surface area contributed by atoms with Gasteiger partial charge in [0.25, 0.3) is 0 Å². The number of rotatable bonds is 6. The van der Waals surface area contributed by atoms with Gasteiger partial charge in [0.05, 0.1) is 30.3 Å². The second-order valence-corrected chi connectivity index (χ2v) is 6.98. The Morgan fingerprint density at radius 3 is 2.96 bits per heavy atom. The molecule has 4 rings (SSSR count). The summed E-state index contributed by atoms with van der Waals surface area (Å²) in [6, 6.07) is 11.2. The minimum atomic E-state index is -0.451. The highest BCUT2D eigenvalue weighted by Crippen LogP contribution is 2.24. The van der Waals surface area contributed by atoms with Crippen LogP contribution < -0.4 is 0 Å². The second kappa shape index (κ2) is 7.77. The van der Waals surface area contributed by atoms with Crippen molar-refractivity contribution in [2.75, 3.05) is 0 Å². The summed E-state index contributed by atoms with van der Waals surface area (Å²) in [5.41, 5.74) is 1.97. The third-order valence-electron chi connectivity index (χ3n) is 3.79. The summed E-state index contributed by atoms with van der Waals surface area (Å²) in [6.45, 7) is 0.567. The Morgan fingerprint density at radius 2 is 2.15 bits per heavy atom. The van der Waals surface area contributed by atoms with Gasteiger partial charge in [-0.05, 0) is 23.8 Å². The monoisotopic (exact) mass is 399 g/mol. The molecule has 0 bridgehead atoms. The minimum Gasteiger partial charge on any atom is -0.462 e. The molecule has 0 atom stereocenters. The third kappa shape index (κ3) is 4.10. The number of halogens is 1. The minimum absolute atomic E-state index is 0.0890. The highest BCUT2D eigenvalue weighted by Gasteiger charge is 2.13. The van der Waals surface area contributed by atoms with E-state index in [1.54, 1.807) is 23.2 Å². The maximum Gasteiger partial charge on any atom is 0.341 e. The average molecular weight is 400 g/mol. The van der Waals surface area contributed by atoms with Crippen LogP contribution in [0.25, 0.3) is 10.8 Å². The first-order valence-electron chi connectivity index (χ1n) is 8.10. The smallest absolute Gasteiger partial charge is 0.341 e. The van der Waals surface area contributed by atoms with Gasteiger partial charge in [-0.3, -0.25) is 4.68 Å². The van der Waals surface area contributed by atoms with Crippen LogP contribution in [0.1, 0.15) is 21.6 Å². The van der Waals surface area contributed by atoms with Crippen LogP contribution in [-0.2, 0) is 17.9 Å². The van der Waals surface area contributed by atoms with Crippen molar-refractivity contribution in [3.63, 3.8) is 0 Å². The lowest BCUT2D eigenvalue weighted by Crippen LogP contribution is -2.05. The Labute approximate surface area is 164 Å². The zero-order chi connectivity index (χ0) is 18.6. The third-order valence-corrected chi connectivity index (χ3v) is 5.07. The maximum absolute atomic E-state index is 12.2. The second-order valence-electron chi connectivity index (χ2n) is 5.72. The van der Waals surface area contributed by atoms with Crippen LogP contribution in [0.2, 0.25) is 5.02 Å². The van der Waals surface area contributed by atoms with E-state index in [0.717, 1.165) is 10.6 Å². The van der Waals surface area contributed by atoms with Crippen LogP contribution in [0.15, 0.2) is 64.9 Å². The molecule has 1 aromatic carbocycles. The van der Waals surface area contributed by atoms with E-state index in [1.165, 1.54) is 17.5 Å². The van der Waals surface area contributed by atoms with E-state index >= 15 is 0 Å². The van der Waals surface area contributed by atoms with Crippen LogP contribution in [0.4, 0.5) is 0 Å². The first kappa shape index (κ1) is 17.5. The predicted molar refractivity (Wildman–Crippen MR) is 102 cm³/mol. The SMILES string of the molecule is O=C(OCc1csc(-c2ccco2)n1)c1cnn(Cc2ccccc2Cl)c1. The van der Waals surface area contributed by atoms with E-state index in [4.69, 9.17) is 20.8 Å². The quantitative estimate of drug-likeness (QED) is 0.441. The van der Waals surface area contributed by atoms with Gasteiger partial charge in [0, 0.05) is 16.6 Å². The number of hydrogen-bond donors (Lipinski definition) is 0. The zero-order valence-electron chi connectivity index (χ0n) is 14.0. The summed E-state index contributed by atoms with van der Waals surface area (Å²) in [7, 11) is 0. The van der Waals surface area contributed by atoms with Crippen molar-refractivity contribution in [2.45, 2.75) is 13.2 Å². The molecule has 3 aromatic heterocycles. The molecule has 6 nitrogen and oxygen atoms in total. The largest absolute Gasteiger partial charge is 0.462 e. The molecule has 0 aliphatic rings. The van der Waals surface area contributed by atoms with Crippen molar-refractivity contribution in [1.82, 2.24) is 14.8 Å². The van der Waals surface area contributed by atoms with Gasteiger partial charge in [0.15, 0.2) is 10.8 Å². The highest BCUT2D eigenvalue weighted by molar-refractivity contribution is 7.13. The van der Waals surface area contributed by atoms with E-state index in [2.05, 4.69) is 10.1 Å². The number of furan rings is 1. The first-order chi connectivity index (χ1) is 13.2. The summed E-state index contributed by atoms with van der Waals surface area (Å²) in [6.07, 6.45) is 4.71. The van der Waals surface area contributed by atoms with Crippen molar-refractivity contribution in [2.24, 2.45) is 0 Å². The van der Waals surface area contributed by atoms with Gasteiger partial charge in [0.1, 0.15) is 6.61 Å². The molecule has 3 heterocycles. The normalized spacial score (nSPS) is 10.9. The van der Waals surface area contributed by atoms with E-state index in [0.29, 0.717) is 28.6 Å². The number of esters is 1. The molecule has 4 aromatic rings. The molecule has 0 aliphatic heterocycles. The van der Waals surface area contributed by atoms with Crippen LogP contribution in [0.3, 0.4) is 0 Å². The van der Waals surface area contributed by atoms with Crippen LogP contribution >= 0.6 is 22.9 Å². The van der Waals surface area contributed by atoms with Gasteiger partial charge >= 0.3 is 5.97 Å². The van der Waals surface area contributed by atoms with Crippen molar-refractivity contribution in [3.05, 3.63) is 82.3 Å². The Morgan fingerprint density at radius 1 is 1.26 bits per heavy atom. The number of thiazole rings is 1. The fraction of sp³-hybridized carbons (Fsp3) is 0.105. The molecule has 0 amide bonds. The van der Waals surface area contributed by atoms with Crippen molar-refractivity contribution < 1.29 is 13.9 Å². The van der Waals surface area contributed by atoms with Crippen molar-refractivity contribution in [1.29, 1.82) is 0 Å². The first-order valence-corrected chi connectivity index (χ1v) is 9.36. The van der Waals surface area contributed by atoms with Gasteiger partial charge in [-0.25, -0.2) is 9.78 Å². The predicted octanol–water partition coefficient (Wildman–Crippen LogP) is 4.66. The lowest BCUT2D eigenvalue weighted by atomic mass is 10.2. The van der Waals surface area contributed by atoms with Crippen LogP contribution in [-0.4, -0.2) is 20.7 Å². The van der Waals surface area contributed by atoms with E-state index in [-0.39, 0.29) is 6.61 Å². The van der Waals surface area contributed by atoms with Gasteiger partial charge in [-0.15, -0.1) is 11.3 Å². The number of carbonyl (C=O) groups excluding carboxylic acids is 1. The summed E-state index contributed by atoms with van der Waals surface area (Å²) in [5.74, 6) is 0.242. The summed E-state index contributed by atoms with van der Waals surface area (Å²) in [4.78, 5) is 16.6. The molecule has 0 spiro atoms. The number of benzene rings is 1. The molecule has 0 saturated carbocycles. The molecular weight excluding hydrogens is 386 g/mol. The molecule has 0 saturated heterocycles. The number of aromatic nitrogens is 3. The standard InChI is InChI=1S/C19H14ClN3O3S/c20-16-5-2-1-4-13(16)9-23-10-14(8-21-23)19(24)26-11-15-12-27-18(22-15)17-6-3-7-25-17/h1-8,10,12H,9,11H2.